The molecule has 7 nitrogen and oxygen atoms in total. The Morgan fingerprint density at radius 3 is 2.55 bits per heavy atom. The number of aliphatic hydroxyl groups excluding tert-OH is 2. The first-order chi connectivity index (χ1) is 10.1. The molecule has 1 heterocycles. The molecule has 0 aliphatic rings. The van der Waals surface area contributed by atoms with E-state index in [0.29, 0.717) is 11.3 Å². The van der Waals surface area contributed by atoms with Crippen LogP contribution in [0.25, 0.3) is 0 Å². The van der Waals surface area contributed by atoms with Gasteiger partial charge in [0.05, 0.1) is 6.10 Å². The van der Waals surface area contributed by atoms with Crippen molar-refractivity contribution in [1.82, 2.24) is 10.3 Å². The average molecular weight is 312 g/mol. The molecular formula is C15H24N2O5. The van der Waals surface area contributed by atoms with Crippen LogP contribution in [0, 0.1) is 6.92 Å². The number of alkyl carbamates (subject to hydrolysis) is 1. The minimum Gasteiger partial charge on any atom is -0.444 e. The van der Waals surface area contributed by atoms with Crippen LogP contribution in [0.2, 0.25) is 0 Å². The number of amides is 1. The Morgan fingerprint density at radius 2 is 2.00 bits per heavy atom. The van der Waals surface area contributed by atoms with Crippen molar-refractivity contribution in [3.05, 3.63) is 33.7 Å². The molecule has 2 unspecified atom stereocenters. The number of rotatable bonds is 5. The zero-order valence-electron chi connectivity index (χ0n) is 13.3. The summed E-state index contributed by atoms with van der Waals surface area (Å²) in [5, 5.41) is 22.6. The van der Waals surface area contributed by atoms with Crippen LogP contribution < -0.4 is 10.9 Å². The lowest BCUT2D eigenvalue weighted by molar-refractivity contribution is 0.0117. The van der Waals surface area contributed by atoms with Crippen LogP contribution in [0.5, 0.6) is 0 Å². The van der Waals surface area contributed by atoms with Gasteiger partial charge in [-0.1, -0.05) is 0 Å². The normalized spacial score (nSPS) is 14.3. The number of nitrogens with one attached hydrogen (secondary N) is 2. The zero-order chi connectivity index (χ0) is 16.9. The van der Waals surface area contributed by atoms with Gasteiger partial charge >= 0.3 is 6.09 Å². The van der Waals surface area contributed by atoms with Gasteiger partial charge in [-0.3, -0.25) is 4.79 Å². The van der Waals surface area contributed by atoms with Crippen LogP contribution in [0.3, 0.4) is 0 Å². The first kappa shape index (κ1) is 18.2. The van der Waals surface area contributed by atoms with Gasteiger partial charge in [-0.15, -0.1) is 0 Å². The molecule has 1 aromatic rings. The largest absolute Gasteiger partial charge is 0.444 e. The number of hydrogen-bond acceptors (Lipinski definition) is 5. The summed E-state index contributed by atoms with van der Waals surface area (Å²) in [5.41, 5.74) is 0.0907. The van der Waals surface area contributed by atoms with Crippen LogP contribution in [-0.4, -0.2) is 39.5 Å². The predicted octanol–water partition coefficient (Wildman–Crippen LogP) is 0.992. The van der Waals surface area contributed by atoms with Crippen LogP contribution >= 0.6 is 0 Å². The quantitative estimate of drug-likeness (QED) is 0.648. The highest BCUT2D eigenvalue weighted by Crippen LogP contribution is 2.20. The Balaban J connectivity index is 2.50. The second-order valence-corrected chi connectivity index (χ2v) is 6.13. The second kappa shape index (κ2) is 7.42. The minimum atomic E-state index is -1.14. The maximum Gasteiger partial charge on any atom is 0.407 e. The highest BCUT2D eigenvalue weighted by Gasteiger charge is 2.21. The summed E-state index contributed by atoms with van der Waals surface area (Å²) >= 11 is 0. The fourth-order valence-electron chi connectivity index (χ4n) is 1.91. The molecule has 0 saturated carbocycles. The first-order valence-electron chi connectivity index (χ1n) is 7.13. The van der Waals surface area contributed by atoms with E-state index in [-0.39, 0.29) is 18.5 Å². The van der Waals surface area contributed by atoms with Gasteiger partial charge in [-0.25, -0.2) is 4.79 Å². The topological polar surface area (TPSA) is 112 Å². The number of hydrogen-bond donors (Lipinski definition) is 4. The molecule has 4 N–H and O–H groups in total. The minimum absolute atomic E-state index is 0.152. The zero-order valence-corrected chi connectivity index (χ0v) is 13.3. The number of H-pyrrole nitrogens is 1. The van der Waals surface area contributed by atoms with E-state index >= 15 is 0 Å². The summed E-state index contributed by atoms with van der Waals surface area (Å²) in [6.07, 6.45) is -2.63. The maximum absolute atomic E-state index is 11.5. The molecule has 0 aliphatic heterocycles. The standard InChI is InChI=1S/C15H24N2O5/c1-9-10(5-6-12(19)17-9)13(20)11(18)7-8-16-14(21)22-15(2,3)4/h5-6,11,13,18,20H,7-8H2,1-4H3,(H,16,21)(H,17,19). The highest BCUT2D eigenvalue weighted by atomic mass is 16.6. The summed E-state index contributed by atoms with van der Waals surface area (Å²) < 4.78 is 5.06. The Bertz CT molecular complexity index is 562. The molecule has 1 rings (SSSR count). The van der Waals surface area contributed by atoms with Gasteiger partial charge in [0.25, 0.3) is 0 Å². The van der Waals surface area contributed by atoms with E-state index in [4.69, 9.17) is 4.74 Å². The number of ether oxygens (including phenoxy) is 1. The number of aromatic nitrogens is 1. The molecule has 0 fully saturated rings. The molecule has 124 valence electrons. The molecule has 1 aromatic heterocycles. The molecule has 0 aliphatic carbocycles. The van der Waals surface area contributed by atoms with E-state index < -0.39 is 23.9 Å². The maximum atomic E-state index is 11.5. The first-order valence-corrected chi connectivity index (χ1v) is 7.13. The Labute approximate surface area is 129 Å². The molecular weight excluding hydrogens is 288 g/mol. The van der Waals surface area contributed by atoms with Crippen molar-refractivity contribution in [3.63, 3.8) is 0 Å². The number of aliphatic hydroxyl groups is 2. The molecule has 1 amide bonds. The number of carbonyl (C=O) groups is 1. The number of aromatic amines is 1. The van der Waals surface area contributed by atoms with Gasteiger partial charge in [0.1, 0.15) is 11.7 Å². The average Bonchev–Trinajstić information content (AvgIpc) is 2.35. The lowest BCUT2D eigenvalue weighted by Gasteiger charge is -2.21. The summed E-state index contributed by atoms with van der Waals surface area (Å²) in [5.74, 6) is 0. The van der Waals surface area contributed by atoms with Crippen LogP contribution in [0.1, 0.15) is 44.6 Å². The van der Waals surface area contributed by atoms with Gasteiger partial charge in [0, 0.05) is 23.9 Å². The summed E-state index contributed by atoms with van der Waals surface area (Å²) in [4.78, 5) is 25.1. The van der Waals surface area contributed by atoms with E-state index in [2.05, 4.69) is 10.3 Å². The molecule has 2 atom stereocenters. The number of pyridine rings is 1. The predicted molar refractivity (Wildman–Crippen MR) is 81.6 cm³/mol. The van der Waals surface area contributed by atoms with Gasteiger partial charge in [-0.05, 0) is 40.2 Å². The van der Waals surface area contributed by atoms with Crippen molar-refractivity contribution in [2.75, 3.05) is 6.54 Å². The van der Waals surface area contributed by atoms with Gasteiger partial charge < -0.3 is 25.3 Å². The molecule has 0 spiro atoms. The van der Waals surface area contributed by atoms with E-state index in [1.165, 1.54) is 12.1 Å². The van der Waals surface area contributed by atoms with Crippen molar-refractivity contribution < 1.29 is 19.7 Å². The second-order valence-electron chi connectivity index (χ2n) is 6.13. The van der Waals surface area contributed by atoms with E-state index in [0.717, 1.165) is 0 Å². The lowest BCUT2D eigenvalue weighted by Crippen LogP contribution is -2.34. The van der Waals surface area contributed by atoms with Crippen molar-refractivity contribution in [2.45, 2.75) is 51.9 Å². The van der Waals surface area contributed by atoms with Gasteiger partial charge in [0.2, 0.25) is 5.56 Å². The third-order valence-electron chi connectivity index (χ3n) is 2.95. The molecule has 22 heavy (non-hydrogen) atoms. The highest BCUT2D eigenvalue weighted by molar-refractivity contribution is 5.67. The summed E-state index contributed by atoms with van der Waals surface area (Å²) in [6, 6.07) is 2.76. The van der Waals surface area contributed by atoms with Crippen molar-refractivity contribution in [3.8, 4) is 0 Å². The molecule has 7 heteroatoms. The van der Waals surface area contributed by atoms with E-state index in [9.17, 15) is 19.8 Å². The van der Waals surface area contributed by atoms with Gasteiger partial charge in [0.15, 0.2) is 0 Å². The van der Waals surface area contributed by atoms with Crippen LogP contribution in [-0.2, 0) is 4.74 Å². The van der Waals surface area contributed by atoms with Crippen molar-refractivity contribution in [1.29, 1.82) is 0 Å². The monoisotopic (exact) mass is 312 g/mol. The van der Waals surface area contributed by atoms with Crippen molar-refractivity contribution in [2.24, 2.45) is 0 Å². The smallest absolute Gasteiger partial charge is 0.407 e. The summed E-state index contributed by atoms with van der Waals surface area (Å²) in [6.45, 7) is 7.07. The molecule has 0 radical (unpaired) electrons. The van der Waals surface area contributed by atoms with Gasteiger partial charge in [-0.2, -0.15) is 0 Å². The number of carbonyl (C=O) groups excluding carboxylic acids is 1. The lowest BCUT2D eigenvalue weighted by atomic mass is 10.0. The fraction of sp³-hybridized carbons (Fsp3) is 0.600. The fourth-order valence-corrected chi connectivity index (χ4v) is 1.91. The Kier molecular flexibility index (Phi) is 6.13. The summed E-state index contributed by atoms with van der Waals surface area (Å²) in [7, 11) is 0. The van der Waals surface area contributed by atoms with E-state index in [1.54, 1.807) is 27.7 Å². The SMILES string of the molecule is Cc1[nH]c(=O)ccc1C(O)C(O)CCNC(=O)OC(C)(C)C. The number of aryl methyl sites for hydroxylation is 1. The molecule has 0 bridgehead atoms. The third kappa shape index (κ3) is 5.87. The van der Waals surface area contributed by atoms with E-state index in [1.807, 2.05) is 0 Å². The van der Waals surface area contributed by atoms with Crippen molar-refractivity contribution >= 4 is 6.09 Å². The Hall–Kier alpha value is -1.86. The van der Waals surface area contributed by atoms with Crippen LogP contribution in [0.15, 0.2) is 16.9 Å². The third-order valence-corrected chi connectivity index (χ3v) is 2.95. The molecule has 0 aromatic carbocycles. The molecule has 0 saturated heterocycles. The van der Waals surface area contributed by atoms with Crippen LogP contribution in [0.4, 0.5) is 4.79 Å². The Morgan fingerprint density at radius 1 is 1.36 bits per heavy atom.